The SMILES string of the molecule is CCOC(=O)C[C@H]1CCCN(Cc2cccc3ccc(O[C@H]4CC[C@@H](C)CC4)c(C(F)(F)F)c23)C1. The number of carbonyl (C=O) groups is 1. The van der Waals surface area contributed by atoms with Crippen LogP contribution in [0.25, 0.3) is 10.8 Å². The number of ether oxygens (including phenoxy) is 2. The fourth-order valence-corrected chi connectivity index (χ4v) is 5.63. The fraction of sp³-hybridized carbons (Fsp3) is 0.607. The van der Waals surface area contributed by atoms with Crippen molar-refractivity contribution in [3.05, 3.63) is 41.5 Å². The Balaban J connectivity index is 1.61. The highest BCUT2D eigenvalue weighted by Gasteiger charge is 2.38. The zero-order valence-corrected chi connectivity index (χ0v) is 20.7. The van der Waals surface area contributed by atoms with Gasteiger partial charge in [-0.15, -0.1) is 0 Å². The monoisotopic (exact) mass is 491 g/mol. The van der Waals surface area contributed by atoms with Gasteiger partial charge in [-0.1, -0.05) is 31.2 Å². The molecule has 0 bridgehead atoms. The molecule has 4 nitrogen and oxygen atoms in total. The fourth-order valence-electron chi connectivity index (χ4n) is 5.63. The Hall–Kier alpha value is -2.28. The van der Waals surface area contributed by atoms with Crippen molar-refractivity contribution in [2.24, 2.45) is 11.8 Å². The minimum absolute atomic E-state index is 0.0594. The largest absolute Gasteiger partial charge is 0.490 e. The standard InChI is InChI=1S/C28H36F3NO3/c1-3-34-25(33)16-20-6-5-15-32(17-20)18-22-8-4-7-21-11-14-24(27(26(21)22)28(29,30)31)35-23-12-9-19(2)10-13-23/h4,7-8,11,14,19-20,23H,3,5-6,9-10,12-13,15-18H2,1-2H3/t19-,20-,23+/m1/s1. The van der Waals surface area contributed by atoms with E-state index in [0.29, 0.717) is 43.0 Å². The molecule has 35 heavy (non-hydrogen) atoms. The highest BCUT2D eigenvalue weighted by molar-refractivity contribution is 5.91. The van der Waals surface area contributed by atoms with Crippen molar-refractivity contribution >= 4 is 16.7 Å². The molecule has 1 saturated carbocycles. The lowest BCUT2D eigenvalue weighted by Crippen LogP contribution is -2.36. The van der Waals surface area contributed by atoms with Crippen LogP contribution in [0.3, 0.4) is 0 Å². The van der Waals surface area contributed by atoms with Gasteiger partial charge in [-0.3, -0.25) is 9.69 Å². The van der Waals surface area contributed by atoms with Crippen molar-refractivity contribution in [2.75, 3.05) is 19.7 Å². The summed E-state index contributed by atoms with van der Waals surface area (Å²) in [5.74, 6) is 0.489. The van der Waals surface area contributed by atoms with Crippen LogP contribution < -0.4 is 4.74 Å². The number of fused-ring (bicyclic) bond motifs is 1. The molecule has 2 aliphatic rings. The molecule has 1 heterocycles. The zero-order chi connectivity index (χ0) is 25.0. The maximum absolute atomic E-state index is 14.5. The van der Waals surface area contributed by atoms with Crippen molar-refractivity contribution < 1.29 is 27.4 Å². The van der Waals surface area contributed by atoms with E-state index in [9.17, 15) is 18.0 Å². The summed E-state index contributed by atoms with van der Waals surface area (Å²) in [4.78, 5) is 14.1. The van der Waals surface area contributed by atoms with E-state index >= 15 is 0 Å². The summed E-state index contributed by atoms with van der Waals surface area (Å²) < 4.78 is 54.6. The van der Waals surface area contributed by atoms with E-state index in [1.54, 1.807) is 25.1 Å². The summed E-state index contributed by atoms with van der Waals surface area (Å²) in [6.07, 6.45) is 1.02. The van der Waals surface area contributed by atoms with Crippen LogP contribution in [-0.4, -0.2) is 36.7 Å². The number of likely N-dealkylation sites (tertiary alicyclic amines) is 1. The summed E-state index contributed by atoms with van der Waals surface area (Å²) in [6, 6.07) is 8.58. The number of esters is 1. The first-order valence-electron chi connectivity index (χ1n) is 12.9. The number of alkyl halides is 3. The van der Waals surface area contributed by atoms with Crippen molar-refractivity contribution in [1.82, 2.24) is 4.90 Å². The molecule has 0 aromatic heterocycles. The number of piperidine rings is 1. The van der Waals surface area contributed by atoms with Gasteiger partial charge in [0.05, 0.1) is 12.7 Å². The highest BCUT2D eigenvalue weighted by Crippen LogP contribution is 2.44. The van der Waals surface area contributed by atoms with Crippen LogP contribution in [0.1, 0.15) is 69.9 Å². The number of hydrogen-bond donors (Lipinski definition) is 0. The first-order valence-corrected chi connectivity index (χ1v) is 12.9. The zero-order valence-electron chi connectivity index (χ0n) is 20.7. The first kappa shape index (κ1) is 25.8. The molecule has 0 radical (unpaired) electrons. The lowest BCUT2D eigenvalue weighted by molar-refractivity contribution is -0.144. The second-order valence-corrected chi connectivity index (χ2v) is 10.2. The van der Waals surface area contributed by atoms with Crippen molar-refractivity contribution in [2.45, 2.75) is 77.6 Å². The topological polar surface area (TPSA) is 38.8 Å². The molecule has 7 heteroatoms. The normalized spacial score (nSPS) is 23.9. The molecule has 1 saturated heterocycles. The van der Waals surface area contributed by atoms with E-state index in [-0.39, 0.29) is 29.1 Å². The molecule has 1 aliphatic carbocycles. The van der Waals surface area contributed by atoms with Gasteiger partial charge in [0, 0.05) is 24.9 Å². The van der Waals surface area contributed by atoms with Gasteiger partial charge in [-0.25, -0.2) is 0 Å². The van der Waals surface area contributed by atoms with Crippen LogP contribution in [-0.2, 0) is 22.3 Å². The predicted molar refractivity (Wildman–Crippen MR) is 130 cm³/mol. The van der Waals surface area contributed by atoms with Crippen LogP contribution in [0, 0.1) is 11.8 Å². The summed E-state index contributed by atoms with van der Waals surface area (Å²) in [5.41, 5.74) is -0.0152. The summed E-state index contributed by atoms with van der Waals surface area (Å²) in [5, 5.41) is 0.800. The average molecular weight is 492 g/mol. The van der Waals surface area contributed by atoms with Crippen molar-refractivity contribution in [3.63, 3.8) is 0 Å². The third-order valence-corrected chi connectivity index (χ3v) is 7.39. The maximum Gasteiger partial charge on any atom is 0.420 e. The van der Waals surface area contributed by atoms with E-state index in [0.717, 1.165) is 45.1 Å². The van der Waals surface area contributed by atoms with Crippen LogP contribution in [0.4, 0.5) is 13.2 Å². The van der Waals surface area contributed by atoms with Gasteiger partial charge in [0.2, 0.25) is 0 Å². The third-order valence-electron chi connectivity index (χ3n) is 7.39. The molecule has 2 aromatic rings. The van der Waals surface area contributed by atoms with Gasteiger partial charge in [0.25, 0.3) is 0 Å². The second-order valence-electron chi connectivity index (χ2n) is 10.2. The number of halogens is 3. The number of benzene rings is 2. The molecule has 0 spiro atoms. The van der Waals surface area contributed by atoms with Crippen LogP contribution in [0.5, 0.6) is 5.75 Å². The van der Waals surface area contributed by atoms with Crippen LogP contribution >= 0.6 is 0 Å². The average Bonchev–Trinajstić information content (AvgIpc) is 2.80. The Kier molecular flexibility index (Phi) is 8.25. The van der Waals surface area contributed by atoms with E-state index < -0.39 is 11.7 Å². The Morgan fingerprint density at radius 2 is 1.86 bits per heavy atom. The van der Waals surface area contributed by atoms with Crippen molar-refractivity contribution in [1.29, 1.82) is 0 Å². The van der Waals surface area contributed by atoms with Gasteiger partial charge in [-0.2, -0.15) is 13.2 Å². The van der Waals surface area contributed by atoms with Gasteiger partial charge in [0.15, 0.2) is 0 Å². The quantitative estimate of drug-likeness (QED) is 0.392. The summed E-state index contributed by atoms with van der Waals surface area (Å²) in [6.45, 7) is 6.20. The molecule has 0 amide bonds. The molecule has 0 unspecified atom stereocenters. The van der Waals surface area contributed by atoms with Gasteiger partial charge >= 0.3 is 12.1 Å². The highest BCUT2D eigenvalue weighted by atomic mass is 19.4. The number of hydrogen-bond acceptors (Lipinski definition) is 4. The van der Waals surface area contributed by atoms with Crippen LogP contribution in [0.15, 0.2) is 30.3 Å². The van der Waals surface area contributed by atoms with Crippen molar-refractivity contribution in [3.8, 4) is 5.75 Å². The molecule has 2 aromatic carbocycles. The van der Waals surface area contributed by atoms with E-state index in [1.165, 1.54) is 6.07 Å². The third kappa shape index (κ3) is 6.49. The summed E-state index contributed by atoms with van der Waals surface area (Å²) >= 11 is 0. The first-order chi connectivity index (χ1) is 16.7. The number of carbonyl (C=O) groups excluding carboxylic acids is 1. The van der Waals surface area contributed by atoms with E-state index in [4.69, 9.17) is 9.47 Å². The predicted octanol–water partition coefficient (Wildman–Crippen LogP) is 6.98. The molecule has 2 fully saturated rings. The molecule has 4 rings (SSSR count). The molecule has 1 atom stereocenters. The second kappa shape index (κ2) is 11.2. The summed E-state index contributed by atoms with van der Waals surface area (Å²) in [7, 11) is 0. The minimum Gasteiger partial charge on any atom is -0.490 e. The smallest absolute Gasteiger partial charge is 0.420 e. The van der Waals surface area contributed by atoms with E-state index in [1.807, 2.05) is 6.07 Å². The van der Waals surface area contributed by atoms with Gasteiger partial charge in [0.1, 0.15) is 11.3 Å². The minimum atomic E-state index is -4.53. The lowest BCUT2D eigenvalue weighted by atomic mass is 9.89. The van der Waals surface area contributed by atoms with Gasteiger partial charge in [-0.05, 0) is 80.8 Å². The Labute approximate surface area is 205 Å². The Morgan fingerprint density at radius 1 is 1.09 bits per heavy atom. The number of rotatable bonds is 7. The Bertz CT molecular complexity index is 1010. The molecule has 192 valence electrons. The van der Waals surface area contributed by atoms with Crippen LogP contribution in [0.2, 0.25) is 0 Å². The molecular formula is C28H36F3NO3. The Morgan fingerprint density at radius 3 is 2.57 bits per heavy atom. The molecule has 0 N–H and O–H groups in total. The maximum atomic E-state index is 14.5. The van der Waals surface area contributed by atoms with Gasteiger partial charge < -0.3 is 9.47 Å². The number of nitrogens with zero attached hydrogens (tertiary/aromatic N) is 1. The molecular weight excluding hydrogens is 455 g/mol. The molecule has 1 aliphatic heterocycles. The lowest BCUT2D eigenvalue weighted by Gasteiger charge is -2.33. The van der Waals surface area contributed by atoms with E-state index in [2.05, 4.69) is 11.8 Å².